The number of hydrogen-bond donors (Lipinski definition) is 0. The summed E-state index contributed by atoms with van der Waals surface area (Å²) in [5.41, 5.74) is 1.77. The van der Waals surface area contributed by atoms with Gasteiger partial charge < -0.3 is 4.74 Å². The van der Waals surface area contributed by atoms with E-state index in [1.54, 1.807) is 0 Å². The van der Waals surface area contributed by atoms with Crippen LogP contribution in [-0.2, 0) is 6.42 Å². The molecule has 0 saturated carbocycles. The van der Waals surface area contributed by atoms with Crippen molar-refractivity contribution in [2.24, 2.45) is 0 Å². The lowest BCUT2D eigenvalue weighted by atomic mass is 10.1. The molecule has 0 bridgehead atoms. The molecule has 118 valence electrons. The minimum absolute atomic E-state index is 0.213. The molecule has 0 spiro atoms. The van der Waals surface area contributed by atoms with E-state index in [1.165, 1.54) is 21.6 Å². The van der Waals surface area contributed by atoms with Gasteiger partial charge in [-0.1, -0.05) is 25.1 Å². The second-order valence-electron chi connectivity index (χ2n) is 4.90. The summed E-state index contributed by atoms with van der Waals surface area (Å²) in [4.78, 5) is 18.0. The van der Waals surface area contributed by atoms with Crippen LogP contribution in [0.4, 0.5) is 0 Å². The molecule has 0 fully saturated rings. The van der Waals surface area contributed by atoms with Crippen molar-refractivity contribution >= 4 is 17.2 Å². The van der Waals surface area contributed by atoms with Gasteiger partial charge in [-0.3, -0.25) is 4.79 Å². The van der Waals surface area contributed by atoms with E-state index in [0.717, 1.165) is 11.3 Å². The van der Waals surface area contributed by atoms with Crippen molar-refractivity contribution in [1.82, 2.24) is 14.8 Å². The number of rotatable bonds is 5. The number of hydrogen-bond acceptors (Lipinski definition) is 5. The van der Waals surface area contributed by atoms with Gasteiger partial charge in [-0.05, 0) is 42.5 Å². The molecule has 6 heteroatoms. The first-order valence-electron chi connectivity index (χ1n) is 7.50. The highest BCUT2D eigenvalue weighted by molar-refractivity contribution is 7.13. The Kier molecular flexibility index (Phi) is 4.52. The van der Waals surface area contributed by atoms with Crippen molar-refractivity contribution in [3.63, 3.8) is 0 Å². The SMILES string of the molecule is CCOc1nc(-c2cccs2)n(C(=O)c2ccc(CC)cc2)n1. The number of aromatic nitrogens is 3. The molecule has 0 N–H and O–H groups in total. The Balaban J connectivity index is 2.01. The fraction of sp³-hybridized carbons (Fsp3) is 0.235. The largest absolute Gasteiger partial charge is 0.463 e. The molecule has 0 amide bonds. The van der Waals surface area contributed by atoms with Crippen LogP contribution in [0.1, 0.15) is 29.8 Å². The maximum Gasteiger partial charge on any atom is 0.336 e. The van der Waals surface area contributed by atoms with Crippen LogP contribution in [0.15, 0.2) is 41.8 Å². The zero-order valence-corrected chi connectivity index (χ0v) is 13.8. The summed E-state index contributed by atoms with van der Waals surface area (Å²) in [6, 6.07) is 11.6. The van der Waals surface area contributed by atoms with E-state index in [1.807, 2.05) is 48.7 Å². The van der Waals surface area contributed by atoms with Gasteiger partial charge in [-0.15, -0.1) is 16.4 Å². The van der Waals surface area contributed by atoms with Crippen molar-refractivity contribution < 1.29 is 9.53 Å². The summed E-state index contributed by atoms with van der Waals surface area (Å²) in [6.45, 7) is 4.39. The van der Waals surface area contributed by atoms with Crippen LogP contribution in [0, 0.1) is 0 Å². The van der Waals surface area contributed by atoms with Crippen LogP contribution in [0.25, 0.3) is 10.7 Å². The maximum absolute atomic E-state index is 12.8. The number of carbonyl (C=O) groups excluding carboxylic acids is 1. The van der Waals surface area contributed by atoms with Gasteiger partial charge in [0.2, 0.25) is 0 Å². The normalized spacial score (nSPS) is 10.7. The topological polar surface area (TPSA) is 57.0 Å². The Morgan fingerprint density at radius 1 is 1.22 bits per heavy atom. The standard InChI is InChI=1S/C17H17N3O2S/c1-3-12-7-9-13(10-8-12)16(21)20-15(14-6-5-11-23-14)18-17(19-20)22-4-2/h5-11H,3-4H2,1-2H3. The molecule has 5 nitrogen and oxygen atoms in total. The molecule has 2 heterocycles. The first kappa shape index (κ1) is 15.4. The third-order valence-electron chi connectivity index (χ3n) is 3.40. The van der Waals surface area contributed by atoms with Gasteiger partial charge >= 0.3 is 6.01 Å². The number of ether oxygens (including phenoxy) is 1. The maximum atomic E-state index is 12.8. The fourth-order valence-electron chi connectivity index (χ4n) is 2.20. The van der Waals surface area contributed by atoms with Gasteiger partial charge in [-0.25, -0.2) is 0 Å². The minimum atomic E-state index is -0.213. The highest BCUT2D eigenvalue weighted by atomic mass is 32.1. The van der Waals surface area contributed by atoms with Crippen LogP contribution in [-0.4, -0.2) is 27.3 Å². The second kappa shape index (κ2) is 6.75. The molecule has 23 heavy (non-hydrogen) atoms. The van der Waals surface area contributed by atoms with Gasteiger partial charge in [0.25, 0.3) is 5.91 Å². The van der Waals surface area contributed by atoms with E-state index in [4.69, 9.17) is 4.74 Å². The van der Waals surface area contributed by atoms with Crippen LogP contribution < -0.4 is 4.74 Å². The van der Waals surface area contributed by atoms with Crippen molar-refractivity contribution in [2.75, 3.05) is 6.61 Å². The molecule has 1 aromatic carbocycles. The lowest BCUT2D eigenvalue weighted by Gasteiger charge is -2.04. The Hall–Kier alpha value is -2.47. The quantitative estimate of drug-likeness (QED) is 0.717. The Morgan fingerprint density at radius 3 is 2.61 bits per heavy atom. The van der Waals surface area contributed by atoms with Crippen LogP contribution in [0.2, 0.25) is 0 Å². The second-order valence-corrected chi connectivity index (χ2v) is 5.84. The summed E-state index contributed by atoms with van der Waals surface area (Å²) >= 11 is 1.51. The predicted octanol–water partition coefficient (Wildman–Crippen LogP) is 3.66. The molecule has 0 aliphatic carbocycles. The number of thiophene rings is 1. The fourth-order valence-corrected chi connectivity index (χ4v) is 2.89. The van der Waals surface area contributed by atoms with Crippen LogP contribution in [0.5, 0.6) is 6.01 Å². The smallest absolute Gasteiger partial charge is 0.336 e. The molecule has 0 radical (unpaired) electrons. The van der Waals surface area contributed by atoms with E-state index in [9.17, 15) is 4.79 Å². The Bertz CT molecular complexity index is 792. The number of aryl methyl sites for hydroxylation is 1. The first-order valence-corrected chi connectivity index (χ1v) is 8.38. The van der Waals surface area contributed by atoms with Crippen molar-refractivity contribution in [2.45, 2.75) is 20.3 Å². The van der Waals surface area contributed by atoms with E-state index in [-0.39, 0.29) is 11.9 Å². The van der Waals surface area contributed by atoms with Crippen molar-refractivity contribution in [3.05, 3.63) is 52.9 Å². The zero-order valence-electron chi connectivity index (χ0n) is 13.0. The third-order valence-corrected chi connectivity index (χ3v) is 4.27. The molecular formula is C17H17N3O2S. The van der Waals surface area contributed by atoms with Gasteiger partial charge in [0.15, 0.2) is 5.82 Å². The Morgan fingerprint density at radius 2 is 2.00 bits per heavy atom. The first-order chi connectivity index (χ1) is 11.2. The third kappa shape index (κ3) is 3.17. The average Bonchev–Trinajstić information content (AvgIpc) is 3.24. The molecule has 2 aromatic heterocycles. The molecule has 0 atom stereocenters. The lowest BCUT2D eigenvalue weighted by Crippen LogP contribution is -2.15. The van der Waals surface area contributed by atoms with Gasteiger partial charge in [-0.2, -0.15) is 9.67 Å². The molecule has 0 unspecified atom stereocenters. The molecule has 3 rings (SSSR count). The minimum Gasteiger partial charge on any atom is -0.463 e. The number of carbonyl (C=O) groups is 1. The summed E-state index contributed by atoms with van der Waals surface area (Å²) in [7, 11) is 0. The molecule has 3 aromatic rings. The van der Waals surface area contributed by atoms with E-state index < -0.39 is 0 Å². The van der Waals surface area contributed by atoms with Gasteiger partial charge in [0.05, 0.1) is 11.5 Å². The molecular weight excluding hydrogens is 310 g/mol. The van der Waals surface area contributed by atoms with Crippen LogP contribution in [0.3, 0.4) is 0 Å². The van der Waals surface area contributed by atoms with Crippen molar-refractivity contribution in [1.29, 1.82) is 0 Å². The predicted molar refractivity (Wildman–Crippen MR) is 90.1 cm³/mol. The monoisotopic (exact) mass is 327 g/mol. The van der Waals surface area contributed by atoms with Crippen LogP contribution >= 0.6 is 11.3 Å². The number of benzene rings is 1. The van der Waals surface area contributed by atoms with Gasteiger partial charge in [0, 0.05) is 5.56 Å². The summed E-state index contributed by atoms with van der Waals surface area (Å²) in [6.07, 6.45) is 0.937. The lowest BCUT2D eigenvalue weighted by molar-refractivity contribution is 0.0945. The molecule has 0 aliphatic rings. The molecule has 0 aliphatic heterocycles. The van der Waals surface area contributed by atoms with E-state index in [0.29, 0.717) is 18.0 Å². The zero-order chi connectivity index (χ0) is 16.2. The van der Waals surface area contributed by atoms with Crippen molar-refractivity contribution in [3.8, 4) is 16.7 Å². The highest BCUT2D eigenvalue weighted by Crippen LogP contribution is 2.25. The summed E-state index contributed by atoms with van der Waals surface area (Å²) < 4.78 is 6.67. The number of nitrogens with zero attached hydrogens (tertiary/aromatic N) is 3. The van der Waals surface area contributed by atoms with Gasteiger partial charge in [0.1, 0.15) is 0 Å². The highest BCUT2D eigenvalue weighted by Gasteiger charge is 2.20. The van der Waals surface area contributed by atoms with E-state index >= 15 is 0 Å². The Labute approximate surface area is 138 Å². The average molecular weight is 327 g/mol. The summed E-state index contributed by atoms with van der Waals surface area (Å²) in [5, 5.41) is 6.15. The summed E-state index contributed by atoms with van der Waals surface area (Å²) in [5.74, 6) is 0.294. The molecule has 0 saturated heterocycles. The van der Waals surface area contributed by atoms with E-state index in [2.05, 4.69) is 17.0 Å².